The second-order valence-corrected chi connectivity index (χ2v) is 4.25. The van der Waals surface area contributed by atoms with Gasteiger partial charge in [0.1, 0.15) is 5.56 Å². The van der Waals surface area contributed by atoms with Crippen LogP contribution in [-0.4, -0.2) is 34.8 Å². The van der Waals surface area contributed by atoms with Crippen LogP contribution in [0.3, 0.4) is 0 Å². The highest BCUT2D eigenvalue weighted by molar-refractivity contribution is 6.07. The zero-order valence-electron chi connectivity index (χ0n) is 11.4. The summed E-state index contributed by atoms with van der Waals surface area (Å²) in [6, 6.07) is 3.50. The average Bonchev–Trinajstić information content (AvgIpc) is 2.83. The van der Waals surface area contributed by atoms with Gasteiger partial charge in [0.05, 0.1) is 19.0 Å². The van der Waals surface area contributed by atoms with Gasteiger partial charge >= 0.3 is 0 Å². The summed E-state index contributed by atoms with van der Waals surface area (Å²) >= 11 is 0. The number of aryl methyl sites for hydroxylation is 2. The van der Waals surface area contributed by atoms with Gasteiger partial charge in [-0.3, -0.25) is 9.48 Å². The first-order valence-electron chi connectivity index (χ1n) is 5.81. The molecule has 0 atom stereocenters. The fourth-order valence-corrected chi connectivity index (χ4v) is 1.73. The molecular weight excluding hydrogens is 244 g/mol. The lowest BCUT2D eigenvalue weighted by Gasteiger charge is -2.16. The van der Waals surface area contributed by atoms with E-state index < -0.39 is 0 Å². The van der Waals surface area contributed by atoms with Crippen molar-refractivity contribution < 1.29 is 9.53 Å². The molecule has 0 aliphatic rings. The Bertz CT molecular complexity index is 606. The Morgan fingerprint density at radius 3 is 2.74 bits per heavy atom. The minimum Gasteiger partial charge on any atom is -0.480 e. The van der Waals surface area contributed by atoms with Crippen LogP contribution in [0.5, 0.6) is 5.88 Å². The third-order valence-corrected chi connectivity index (χ3v) is 2.81. The molecule has 0 aliphatic heterocycles. The van der Waals surface area contributed by atoms with E-state index in [1.54, 1.807) is 43.3 Å². The Morgan fingerprint density at radius 2 is 2.16 bits per heavy atom. The van der Waals surface area contributed by atoms with Gasteiger partial charge in [-0.2, -0.15) is 5.10 Å². The first kappa shape index (κ1) is 13.1. The van der Waals surface area contributed by atoms with Crippen LogP contribution in [0.4, 0.5) is 5.69 Å². The van der Waals surface area contributed by atoms with Crippen LogP contribution >= 0.6 is 0 Å². The summed E-state index contributed by atoms with van der Waals surface area (Å²) in [7, 11) is 5.00. The van der Waals surface area contributed by atoms with Crippen LogP contribution in [-0.2, 0) is 7.05 Å². The second-order valence-electron chi connectivity index (χ2n) is 4.25. The van der Waals surface area contributed by atoms with Crippen molar-refractivity contribution in [3.63, 3.8) is 0 Å². The molecule has 19 heavy (non-hydrogen) atoms. The smallest absolute Gasteiger partial charge is 0.263 e. The second kappa shape index (κ2) is 5.09. The van der Waals surface area contributed by atoms with Crippen molar-refractivity contribution >= 4 is 11.6 Å². The molecule has 0 fully saturated rings. The molecule has 0 unspecified atom stereocenters. The summed E-state index contributed by atoms with van der Waals surface area (Å²) in [4.78, 5) is 18.1. The molecule has 2 rings (SSSR count). The van der Waals surface area contributed by atoms with E-state index in [-0.39, 0.29) is 5.91 Å². The third kappa shape index (κ3) is 2.57. The van der Waals surface area contributed by atoms with Crippen molar-refractivity contribution in [2.75, 3.05) is 19.1 Å². The molecule has 0 radical (unpaired) electrons. The summed E-state index contributed by atoms with van der Waals surface area (Å²) in [5.74, 6) is 0.151. The number of rotatable bonds is 3. The standard InChI is InChI=1S/C13H16N4O2/c1-9-5-6-11(12(15-9)19-4)13(18)17(3)10-7-14-16(2)8-10/h5-8H,1-4H3. The fourth-order valence-electron chi connectivity index (χ4n) is 1.73. The number of carbonyl (C=O) groups excluding carboxylic acids is 1. The van der Waals surface area contributed by atoms with Crippen LogP contribution in [0.25, 0.3) is 0 Å². The molecule has 6 nitrogen and oxygen atoms in total. The van der Waals surface area contributed by atoms with Gasteiger partial charge in [-0.05, 0) is 19.1 Å². The third-order valence-electron chi connectivity index (χ3n) is 2.81. The number of hydrogen-bond donors (Lipinski definition) is 0. The van der Waals surface area contributed by atoms with Gasteiger partial charge in [-0.25, -0.2) is 4.98 Å². The van der Waals surface area contributed by atoms with E-state index in [1.165, 1.54) is 12.0 Å². The van der Waals surface area contributed by atoms with Crippen LogP contribution in [0.1, 0.15) is 16.1 Å². The van der Waals surface area contributed by atoms with Crippen LogP contribution in [0.15, 0.2) is 24.5 Å². The van der Waals surface area contributed by atoms with Gasteiger partial charge in [0.25, 0.3) is 5.91 Å². The van der Waals surface area contributed by atoms with E-state index in [9.17, 15) is 4.79 Å². The predicted molar refractivity (Wildman–Crippen MR) is 71.5 cm³/mol. The molecule has 0 aliphatic carbocycles. The number of carbonyl (C=O) groups is 1. The van der Waals surface area contributed by atoms with Gasteiger partial charge in [-0.1, -0.05) is 0 Å². The van der Waals surface area contributed by atoms with Crippen LogP contribution in [0, 0.1) is 6.92 Å². The molecule has 0 aromatic carbocycles. The zero-order valence-corrected chi connectivity index (χ0v) is 11.4. The number of methoxy groups -OCH3 is 1. The number of ether oxygens (including phenoxy) is 1. The van der Waals surface area contributed by atoms with E-state index in [4.69, 9.17) is 4.74 Å². The molecule has 0 N–H and O–H groups in total. The molecule has 0 bridgehead atoms. The Balaban J connectivity index is 2.34. The first-order valence-corrected chi connectivity index (χ1v) is 5.81. The highest BCUT2D eigenvalue weighted by Gasteiger charge is 2.19. The average molecular weight is 260 g/mol. The summed E-state index contributed by atoms with van der Waals surface area (Å²) < 4.78 is 6.80. The first-order chi connectivity index (χ1) is 9.02. The molecule has 1 amide bonds. The minimum absolute atomic E-state index is 0.183. The summed E-state index contributed by atoms with van der Waals surface area (Å²) in [6.07, 6.45) is 3.40. The molecule has 2 aromatic heterocycles. The molecule has 2 aromatic rings. The largest absolute Gasteiger partial charge is 0.480 e. The maximum absolute atomic E-state index is 12.4. The number of nitrogens with zero attached hydrogens (tertiary/aromatic N) is 4. The maximum atomic E-state index is 12.4. The lowest BCUT2D eigenvalue weighted by Crippen LogP contribution is -2.26. The van der Waals surface area contributed by atoms with E-state index in [1.807, 2.05) is 6.92 Å². The Morgan fingerprint density at radius 1 is 1.42 bits per heavy atom. The minimum atomic E-state index is -0.183. The van der Waals surface area contributed by atoms with Crippen LogP contribution in [0.2, 0.25) is 0 Å². The van der Waals surface area contributed by atoms with Crippen molar-refractivity contribution in [1.82, 2.24) is 14.8 Å². The summed E-state index contributed by atoms with van der Waals surface area (Å²) in [6.45, 7) is 1.85. The van der Waals surface area contributed by atoms with E-state index >= 15 is 0 Å². The van der Waals surface area contributed by atoms with Gasteiger partial charge in [0, 0.05) is 26.0 Å². The number of amides is 1. The quantitative estimate of drug-likeness (QED) is 0.837. The van der Waals surface area contributed by atoms with Crippen molar-refractivity contribution in [2.24, 2.45) is 7.05 Å². The topological polar surface area (TPSA) is 60.2 Å². The van der Waals surface area contributed by atoms with Gasteiger partial charge in [0.15, 0.2) is 0 Å². The maximum Gasteiger partial charge on any atom is 0.263 e. The van der Waals surface area contributed by atoms with Crippen molar-refractivity contribution in [2.45, 2.75) is 6.92 Å². The molecule has 0 saturated heterocycles. The fraction of sp³-hybridized carbons (Fsp3) is 0.308. The predicted octanol–water partition coefficient (Wildman–Crippen LogP) is 1.41. The number of anilines is 1. The van der Waals surface area contributed by atoms with Gasteiger partial charge < -0.3 is 9.64 Å². The Labute approximate surface area is 111 Å². The van der Waals surface area contributed by atoms with Crippen molar-refractivity contribution in [3.05, 3.63) is 35.8 Å². The molecule has 100 valence electrons. The van der Waals surface area contributed by atoms with Crippen LogP contribution < -0.4 is 9.64 Å². The SMILES string of the molecule is COc1nc(C)ccc1C(=O)N(C)c1cnn(C)c1. The Hall–Kier alpha value is -2.37. The summed E-state index contributed by atoms with van der Waals surface area (Å²) in [5.41, 5.74) is 1.95. The highest BCUT2D eigenvalue weighted by Crippen LogP contribution is 2.20. The van der Waals surface area contributed by atoms with E-state index in [2.05, 4.69) is 10.1 Å². The molecule has 0 saturated carbocycles. The van der Waals surface area contributed by atoms with E-state index in [0.717, 1.165) is 11.4 Å². The lowest BCUT2D eigenvalue weighted by atomic mass is 10.2. The zero-order chi connectivity index (χ0) is 14.0. The number of aromatic nitrogens is 3. The van der Waals surface area contributed by atoms with Crippen molar-refractivity contribution in [3.8, 4) is 5.88 Å². The number of pyridine rings is 1. The Kier molecular flexibility index (Phi) is 3.50. The normalized spacial score (nSPS) is 10.3. The summed E-state index contributed by atoms with van der Waals surface area (Å²) in [5, 5.41) is 4.05. The lowest BCUT2D eigenvalue weighted by molar-refractivity contribution is 0.0989. The van der Waals surface area contributed by atoms with Gasteiger partial charge in [-0.15, -0.1) is 0 Å². The molecular formula is C13H16N4O2. The van der Waals surface area contributed by atoms with Gasteiger partial charge in [0.2, 0.25) is 5.88 Å². The van der Waals surface area contributed by atoms with E-state index in [0.29, 0.717) is 11.4 Å². The monoisotopic (exact) mass is 260 g/mol. The molecule has 6 heteroatoms. The molecule has 0 spiro atoms. The number of hydrogen-bond acceptors (Lipinski definition) is 4. The van der Waals surface area contributed by atoms with Crippen molar-refractivity contribution in [1.29, 1.82) is 0 Å². The highest BCUT2D eigenvalue weighted by atomic mass is 16.5. The molecule has 2 heterocycles.